The lowest BCUT2D eigenvalue weighted by Gasteiger charge is -2.38. The van der Waals surface area contributed by atoms with Crippen LogP contribution >= 0.6 is 22.7 Å². The minimum atomic E-state index is -6.25. The first-order valence-corrected chi connectivity index (χ1v) is 25.6. The molecule has 0 saturated carbocycles. The third-order valence-electron chi connectivity index (χ3n) is 14.4. The van der Waals surface area contributed by atoms with Crippen molar-refractivity contribution >= 4 is 65.3 Å². The Morgan fingerprint density at radius 3 is 1.02 bits per heavy atom. The highest BCUT2D eigenvalue weighted by atomic mass is 32.1. The van der Waals surface area contributed by atoms with Crippen LogP contribution in [0.2, 0.25) is 0 Å². The van der Waals surface area contributed by atoms with Crippen LogP contribution in [0.5, 0.6) is 0 Å². The quantitative estimate of drug-likeness (QED) is 0.134. The van der Waals surface area contributed by atoms with Gasteiger partial charge >= 0.3 is 37.1 Å². The molecule has 7 aromatic carbocycles. The molecule has 428 valence electrons. The number of aromatic nitrogens is 4. The zero-order valence-corrected chi connectivity index (χ0v) is 43.2. The van der Waals surface area contributed by atoms with Crippen molar-refractivity contribution in [3.63, 3.8) is 0 Å². The second kappa shape index (κ2) is 19.0. The number of oxazole rings is 2. The highest BCUT2D eigenvalue weighted by Gasteiger charge is 2.75. The topological polar surface area (TPSA) is 77.8 Å². The summed E-state index contributed by atoms with van der Waals surface area (Å²) in [6.45, 7) is 3.26. The van der Waals surface area contributed by atoms with Crippen molar-refractivity contribution < 1.29 is 87.9 Å². The monoisotopic (exact) mass is 1210 g/mol. The maximum Gasteiger partial charge on any atom is 0.411 e. The molecular weight excluding hydrogens is 1180 g/mol. The van der Waals surface area contributed by atoms with Crippen LogP contribution in [-0.4, -0.2) is 57.0 Å². The van der Waals surface area contributed by atoms with Crippen LogP contribution in [0.25, 0.3) is 76.1 Å². The van der Waals surface area contributed by atoms with E-state index >= 15 is 52.7 Å². The molecule has 4 heterocycles. The molecule has 0 N–H and O–H groups in total. The minimum Gasteiger partial charge on any atom is -0.436 e. The maximum absolute atomic E-state index is 15.5. The fourth-order valence-corrected chi connectivity index (χ4v) is 12.4. The van der Waals surface area contributed by atoms with Gasteiger partial charge < -0.3 is 8.83 Å². The molecule has 0 radical (unpaired) electrons. The van der Waals surface area contributed by atoms with Gasteiger partial charge in [-0.3, -0.25) is 0 Å². The average molecular weight is 1210 g/mol. The number of hydrogen-bond acceptors (Lipinski definition) is 8. The lowest BCUT2D eigenvalue weighted by atomic mass is 9.72. The number of halogens is 18. The molecule has 0 aliphatic heterocycles. The first kappa shape index (κ1) is 56.8. The van der Waals surface area contributed by atoms with Gasteiger partial charge in [0.05, 0.1) is 25.4 Å². The third-order valence-corrected chi connectivity index (χ3v) is 16.4. The van der Waals surface area contributed by atoms with Gasteiger partial charge in [-0.25, -0.2) is 19.9 Å². The van der Waals surface area contributed by atoms with Gasteiger partial charge in [0.25, 0.3) is 0 Å². The van der Waals surface area contributed by atoms with E-state index in [4.69, 9.17) is 8.83 Å². The molecule has 0 bridgehead atoms. The van der Waals surface area contributed by atoms with Crippen LogP contribution in [0.15, 0.2) is 154 Å². The molecule has 0 aliphatic rings. The van der Waals surface area contributed by atoms with Gasteiger partial charge in [0.15, 0.2) is 11.2 Å². The largest absolute Gasteiger partial charge is 0.436 e. The Morgan fingerprint density at radius 1 is 0.313 bits per heavy atom. The summed E-state index contributed by atoms with van der Waals surface area (Å²) in [6, 6.07) is 18.3. The molecular formula is C57H30F18N4O2S2. The Labute approximate surface area is 461 Å². The molecule has 0 amide bonds. The van der Waals surface area contributed by atoms with E-state index in [0.717, 1.165) is 69.6 Å². The molecule has 11 rings (SSSR count). The summed E-state index contributed by atoms with van der Waals surface area (Å²) < 4.78 is 285. The van der Waals surface area contributed by atoms with Gasteiger partial charge in [-0.1, -0.05) is 90.5 Å². The lowest BCUT2D eigenvalue weighted by Crippen LogP contribution is -2.54. The summed E-state index contributed by atoms with van der Waals surface area (Å²) in [4.78, 5) is 17.0. The third kappa shape index (κ3) is 8.87. The molecule has 4 aromatic heterocycles. The molecule has 11 aromatic rings. The zero-order valence-electron chi connectivity index (χ0n) is 41.6. The SMILES string of the molecule is Cc1ccc(C(c2ccc(-c3nc4ccc(C(c5ccc6nc(-c7ccc(C(c8ccc(-c9nc%10cc%11nc(C)sc%11cc%10s9)cc8)(C(F)(F)F)C(F)(F)F)cc7)oc6c5)(C(F)(F)F)C(F)(F)F)cc4o3)cc2)(C(F)(F)F)C(F)(F)F)cc1. The van der Waals surface area contributed by atoms with E-state index in [1.807, 2.05) is 13.0 Å². The number of fused-ring (bicyclic) bond motifs is 4. The fraction of sp³-hybridized carbons (Fsp3) is 0.193. The minimum absolute atomic E-state index is 0.213. The molecule has 0 aliphatic carbocycles. The summed E-state index contributed by atoms with van der Waals surface area (Å²) >= 11 is 2.58. The first-order chi connectivity index (χ1) is 38.7. The highest BCUT2D eigenvalue weighted by molar-refractivity contribution is 7.22. The molecule has 0 unspecified atom stereocenters. The normalized spacial score (nSPS) is 13.8. The standard InChI is InChI=1S/C57H30F18N4O2S2/c1-27-3-11-32(12-4-27)49(52(58,59)60,53(61,62)63)33-13-5-29(6-14-33)46-77-38-21-19-36(23-42(38)80-46)51(56(70,71)72,57(73,74)75)37-20-22-39-43(24-37)81-47(78-39)30-7-15-34(16-8-30)50(54(64,65)66,55(67,68)69)35-17-9-31(10-18-35)48-79-41-25-40-44(26-45(41)83-48)82-28(2)76-40/h3-26H,1-2H3. The van der Waals surface area contributed by atoms with E-state index in [-0.39, 0.29) is 22.2 Å². The van der Waals surface area contributed by atoms with Crippen molar-refractivity contribution in [1.82, 2.24) is 19.9 Å². The van der Waals surface area contributed by atoms with Crippen LogP contribution in [-0.2, 0) is 16.2 Å². The number of benzene rings is 7. The van der Waals surface area contributed by atoms with E-state index in [0.29, 0.717) is 111 Å². The van der Waals surface area contributed by atoms with Crippen LogP contribution in [0, 0.1) is 13.8 Å². The van der Waals surface area contributed by atoms with Gasteiger partial charge in [0, 0.05) is 16.7 Å². The van der Waals surface area contributed by atoms with Crippen molar-refractivity contribution in [1.29, 1.82) is 0 Å². The summed E-state index contributed by atoms with van der Waals surface area (Å²) in [5.41, 5.74) is -23.4. The Kier molecular flexibility index (Phi) is 13.0. The van der Waals surface area contributed by atoms with Gasteiger partial charge in [-0.2, -0.15) is 79.0 Å². The predicted octanol–water partition coefficient (Wildman–Crippen LogP) is 19.0. The van der Waals surface area contributed by atoms with E-state index in [9.17, 15) is 26.3 Å². The fourth-order valence-electron chi connectivity index (χ4n) is 10.5. The molecule has 83 heavy (non-hydrogen) atoms. The summed E-state index contributed by atoms with van der Waals surface area (Å²) in [7, 11) is 0. The van der Waals surface area contributed by atoms with Gasteiger partial charge in [-0.15, -0.1) is 22.7 Å². The second-order valence-electron chi connectivity index (χ2n) is 19.3. The summed E-state index contributed by atoms with van der Waals surface area (Å²) in [5, 5.41) is 1.10. The van der Waals surface area contributed by atoms with Crippen LogP contribution < -0.4 is 0 Å². The Bertz CT molecular complexity index is 4170. The van der Waals surface area contributed by atoms with E-state index in [2.05, 4.69) is 19.9 Å². The first-order valence-electron chi connectivity index (χ1n) is 24.0. The Morgan fingerprint density at radius 2 is 0.639 bits per heavy atom. The molecule has 0 atom stereocenters. The van der Waals surface area contributed by atoms with Crippen LogP contribution in [0.4, 0.5) is 79.0 Å². The van der Waals surface area contributed by atoms with Crippen LogP contribution in [0.3, 0.4) is 0 Å². The molecule has 6 nitrogen and oxygen atoms in total. The Balaban J connectivity index is 0.923. The van der Waals surface area contributed by atoms with Crippen molar-refractivity contribution in [3.05, 3.63) is 190 Å². The summed E-state index contributed by atoms with van der Waals surface area (Å²) in [6.07, 6.45) is -36.5. The number of aryl methyl sites for hydroxylation is 2. The number of hydrogen-bond donors (Lipinski definition) is 0. The average Bonchev–Trinajstić information content (AvgIpc) is 1.56. The van der Waals surface area contributed by atoms with Crippen molar-refractivity contribution in [2.24, 2.45) is 0 Å². The number of rotatable bonds is 9. The maximum atomic E-state index is 15.5. The van der Waals surface area contributed by atoms with Crippen molar-refractivity contribution in [2.75, 3.05) is 0 Å². The lowest BCUT2D eigenvalue weighted by molar-refractivity contribution is -0.290. The molecule has 26 heteroatoms. The van der Waals surface area contributed by atoms with Crippen molar-refractivity contribution in [3.8, 4) is 33.5 Å². The van der Waals surface area contributed by atoms with E-state index < -0.39 is 115 Å². The molecule has 0 saturated heterocycles. The molecule has 0 fully saturated rings. The number of nitrogens with zero attached hydrogens (tertiary/aromatic N) is 4. The van der Waals surface area contributed by atoms with E-state index in [1.165, 1.54) is 18.3 Å². The Hall–Kier alpha value is -8.00. The number of alkyl halides is 18. The smallest absolute Gasteiger partial charge is 0.411 e. The van der Waals surface area contributed by atoms with Crippen LogP contribution in [0.1, 0.15) is 44.0 Å². The number of thiazole rings is 2. The van der Waals surface area contributed by atoms with E-state index in [1.54, 1.807) is 6.07 Å². The molecule has 0 spiro atoms. The van der Waals surface area contributed by atoms with Crippen molar-refractivity contribution in [2.45, 2.75) is 67.2 Å². The van der Waals surface area contributed by atoms with Gasteiger partial charge in [-0.05, 0) is 108 Å². The second-order valence-corrected chi connectivity index (χ2v) is 21.5. The predicted molar refractivity (Wildman–Crippen MR) is 272 cm³/mol. The highest BCUT2D eigenvalue weighted by Crippen LogP contribution is 2.60. The van der Waals surface area contributed by atoms with Gasteiger partial charge in [0.2, 0.25) is 28.0 Å². The zero-order chi connectivity index (χ0) is 59.8. The summed E-state index contributed by atoms with van der Waals surface area (Å²) in [5.74, 6) is -1.26. The van der Waals surface area contributed by atoms with Gasteiger partial charge in [0.1, 0.15) is 16.0 Å².